The van der Waals surface area contributed by atoms with Crippen LogP contribution in [0, 0.1) is 5.92 Å². The summed E-state index contributed by atoms with van der Waals surface area (Å²) in [5.74, 6) is -0.853. The summed E-state index contributed by atoms with van der Waals surface area (Å²) in [7, 11) is 0. The minimum atomic E-state index is -1.05. The lowest BCUT2D eigenvalue weighted by Crippen LogP contribution is -2.48. The van der Waals surface area contributed by atoms with Crippen LogP contribution in [0.1, 0.15) is 43.2 Å². The van der Waals surface area contributed by atoms with Crippen molar-refractivity contribution in [3.63, 3.8) is 0 Å². The van der Waals surface area contributed by atoms with E-state index in [9.17, 15) is 14.4 Å². The summed E-state index contributed by atoms with van der Waals surface area (Å²) in [5.41, 5.74) is 4.73. The van der Waals surface area contributed by atoms with E-state index in [1.807, 2.05) is 31.2 Å². The molecule has 1 aliphatic heterocycles. The molecule has 0 aromatic heterocycles. The number of carboxylic acid groups (broad SMARTS) is 1. The minimum absolute atomic E-state index is 0.0268. The van der Waals surface area contributed by atoms with Crippen LogP contribution >= 0.6 is 0 Å². The third-order valence-electron chi connectivity index (χ3n) is 6.80. The molecular formula is C27H32N2O6. The molecule has 1 aliphatic carbocycles. The molecule has 1 fully saturated rings. The van der Waals surface area contributed by atoms with Crippen LogP contribution in [-0.2, 0) is 19.1 Å². The van der Waals surface area contributed by atoms with E-state index in [1.54, 1.807) is 4.90 Å². The molecule has 2 amide bonds. The molecule has 0 radical (unpaired) electrons. The molecule has 4 rings (SSSR count). The van der Waals surface area contributed by atoms with Crippen LogP contribution in [0.15, 0.2) is 48.5 Å². The largest absolute Gasteiger partial charge is 0.479 e. The Morgan fingerprint density at radius 3 is 2.40 bits per heavy atom. The SMILES string of the molecule is CC(CCNC(=O)OCC1c2ccccc2-c2ccccc21)CCC(=O)N1CCOC(C(=O)O)C1. The van der Waals surface area contributed by atoms with Gasteiger partial charge in [-0.1, -0.05) is 55.5 Å². The number of alkyl carbamates (subject to hydrolysis) is 1. The number of nitrogens with one attached hydrogen (secondary N) is 1. The molecule has 2 aliphatic rings. The van der Waals surface area contributed by atoms with Crippen LogP contribution in [-0.4, -0.2) is 66.9 Å². The molecule has 8 nitrogen and oxygen atoms in total. The Morgan fingerprint density at radius 1 is 1.09 bits per heavy atom. The Bertz CT molecular complexity index is 1030. The van der Waals surface area contributed by atoms with Crippen LogP contribution in [0.4, 0.5) is 4.79 Å². The maximum absolute atomic E-state index is 12.4. The first-order valence-corrected chi connectivity index (χ1v) is 12.1. The zero-order chi connectivity index (χ0) is 24.8. The summed E-state index contributed by atoms with van der Waals surface area (Å²) in [4.78, 5) is 37.4. The van der Waals surface area contributed by atoms with E-state index in [0.29, 0.717) is 25.9 Å². The van der Waals surface area contributed by atoms with E-state index in [2.05, 4.69) is 29.6 Å². The number of hydrogen-bond donors (Lipinski definition) is 2. The number of benzene rings is 2. The van der Waals surface area contributed by atoms with Crippen LogP contribution in [0.3, 0.4) is 0 Å². The smallest absolute Gasteiger partial charge is 0.407 e. The fraction of sp³-hybridized carbons (Fsp3) is 0.444. The Kier molecular flexibility index (Phi) is 8.02. The van der Waals surface area contributed by atoms with Crippen LogP contribution in [0.25, 0.3) is 11.1 Å². The normalized spacial score (nSPS) is 17.9. The molecule has 1 saturated heterocycles. The number of nitrogens with zero attached hydrogens (tertiary/aromatic N) is 1. The van der Waals surface area contributed by atoms with Gasteiger partial charge in [-0.15, -0.1) is 0 Å². The topological polar surface area (TPSA) is 105 Å². The number of carboxylic acids is 1. The predicted octanol–water partition coefficient (Wildman–Crippen LogP) is 3.64. The minimum Gasteiger partial charge on any atom is -0.479 e. The summed E-state index contributed by atoms with van der Waals surface area (Å²) in [5, 5.41) is 11.9. The zero-order valence-corrected chi connectivity index (χ0v) is 19.9. The maximum atomic E-state index is 12.4. The van der Waals surface area contributed by atoms with E-state index in [-0.39, 0.29) is 37.5 Å². The summed E-state index contributed by atoms with van der Waals surface area (Å²) in [6.45, 7) is 3.52. The standard InChI is InChI=1S/C27H32N2O6/c1-18(10-11-25(30)29-14-15-34-24(16-29)26(31)32)12-13-28-27(33)35-17-23-21-8-4-2-6-19(21)20-7-3-5-9-22(20)23/h2-9,18,23-24H,10-17H2,1H3,(H,28,33)(H,31,32). The van der Waals surface area contributed by atoms with E-state index in [4.69, 9.17) is 14.6 Å². The molecule has 2 N–H and O–H groups in total. The summed E-state index contributed by atoms with van der Waals surface area (Å²) in [6, 6.07) is 16.4. The quantitative estimate of drug-likeness (QED) is 0.568. The molecule has 1 heterocycles. The van der Waals surface area contributed by atoms with Gasteiger partial charge in [0.2, 0.25) is 5.91 Å². The monoisotopic (exact) mass is 480 g/mol. The molecule has 2 atom stereocenters. The van der Waals surface area contributed by atoms with Gasteiger partial charge < -0.3 is 24.8 Å². The number of amides is 2. The number of aliphatic carboxylic acids is 1. The third kappa shape index (κ3) is 6.00. The second-order valence-electron chi connectivity index (χ2n) is 9.22. The molecule has 186 valence electrons. The van der Waals surface area contributed by atoms with Gasteiger partial charge in [-0.05, 0) is 41.0 Å². The number of rotatable bonds is 9. The van der Waals surface area contributed by atoms with Crippen molar-refractivity contribution in [1.29, 1.82) is 0 Å². The van der Waals surface area contributed by atoms with E-state index >= 15 is 0 Å². The van der Waals surface area contributed by atoms with Crippen molar-refractivity contribution in [1.82, 2.24) is 10.2 Å². The Labute approximate surface area is 205 Å². The number of fused-ring (bicyclic) bond motifs is 3. The highest BCUT2D eigenvalue weighted by molar-refractivity contribution is 5.79. The van der Waals surface area contributed by atoms with Gasteiger partial charge in [0.25, 0.3) is 0 Å². The third-order valence-corrected chi connectivity index (χ3v) is 6.80. The molecule has 8 heteroatoms. The molecule has 2 unspecified atom stereocenters. The predicted molar refractivity (Wildman–Crippen MR) is 130 cm³/mol. The lowest BCUT2D eigenvalue weighted by molar-refractivity contribution is -0.159. The van der Waals surface area contributed by atoms with Gasteiger partial charge in [0.1, 0.15) is 6.61 Å². The molecular weight excluding hydrogens is 448 g/mol. The second-order valence-corrected chi connectivity index (χ2v) is 9.22. The Morgan fingerprint density at radius 2 is 1.74 bits per heavy atom. The van der Waals surface area contributed by atoms with Crippen molar-refractivity contribution in [3.8, 4) is 11.1 Å². The van der Waals surface area contributed by atoms with Crippen LogP contribution in [0.2, 0.25) is 0 Å². The first-order valence-electron chi connectivity index (χ1n) is 12.1. The molecule has 0 saturated carbocycles. The Balaban J connectivity index is 1.16. The van der Waals surface area contributed by atoms with E-state index < -0.39 is 18.2 Å². The molecule has 0 bridgehead atoms. The van der Waals surface area contributed by atoms with Crippen molar-refractivity contribution in [2.45, 2.75) is 38.2 Å². The second kappa shape index (κ2) is 11.4. The number of carbonyl (C=O) groups excluding carboxylic acids is 2. The molecule has 35 heavy (non-hydrogen) atoms. The lowest BCUT2D eigenvalue weighted by Gasteiger charge is -2.31. The first-order chi connectivity index (χ1) is 16.9. The van der Waals surface area contributed by atoms with Crippen molar-refractivity contribution in [2.75, 3.05) is 32.8 Å². The van der Waals surface area contributed by atoms with Crippen molar-refractivity contribution in [3.05, 3.63) is 59.7 Å². The fourth-order valence-corrected chi connectivity index (χ4v) is 4.77. The van der Waals surface area contributed by atoms with Crippen molar-refractivity contribution >= 4 is 18.0 Å². The van der Waals surface area contributed by atoms with Gasteiger partial charge in [0.05, 0.1) is 13.2 Å². The lowest BCUT2D eigenvalue weighted by atomic mass is 9.98. The van der Waals surface area contributed by atoms with Crippen LogP contribution in [0.5, 0.6) is 0 Å². The van der Waals surface area contributed by atoms with E-state index in [0.717, 1.165) is 6.42 Å². The Hall–Kier alpha value is -3.39. The van der Waals surface area contributed by atoms with Gasteiger partial charge in [-0.2, -0.15) is 0 Å². The maximum Gasteiger partial charge on any atom is 0.407 e. The highest BCUT2D eigenvalue weighted by Crippen LogP contribution is 2.44. The van der Waals surface area contributed by atoms with E-state index in [1.165, 1.54) is 22.3 Å². The molecule has 2 aromatic rings. The average molecular weight is 481 g/mol. The average Bonchev–Trinajstić information content (AvgIpc) is 3.19. The summed E-state index contributed by atoms with van der Waals surface area (Å²) >= 11 is 0. The number of morpholine rings is 1. The van der Waals surface area contributed by atoms with Gasteiger partial charge in [0.15, 0.2) is 6.10 Å². The highest BCUT2D eigenvalue weighted by atomic mass is 16.5. The first kappa shape index (κ1) is 24.7. The van der Waals surface area contributed by atoms with Crippen LogP contribution < -0.4 is 5.32 Å². The molecule has 2 aromatic carbocycles. The molecule has 0 spiro atoms. The van der Waals surface area contributed by atoms with Crippen molar-refractivity contribution in [2.24, 2.45) is 5.92 Å². The van der Waals surface area contributed by atoms with Gasteiger partial charge in [0, 0.05) is 25.4 Å². The fourth-order valence-electron chi connectivity index (χ4n) is 4.77. The zero-order valence-electron chi connectivity index (χ0n) is 19.9. The van der Waals surface area contributed by atoms with Gasteiger partial charge in [-0.25, -0.2) is 9.59 Å². The number of carbonyl (C=O) groups is 3. The van der Waals surface area contributed by atoms with Crippen molar-refractivity contribution < 1.29 is 29.0 Å². The van der Waals surface area contributed by atoms with Gasteiger partial charge in [-0.3, -0.25) is 4.79 Å². The number of ether oxygens (including phenoxy) is 2. The number of hydrogen-bond acceptors (Lipinski definition) is 5. The summed E-state index contributed by atoms with van der Waals surface area (Å²) in [6.07, 6.45) is 0.339. The summed E-state index contributed by atoms with van der Waals surface area (Å²) < 4.78 is 10.7. The van der Waals surface area contributed by atoms with Gasteiger partial charge >= 0.3 is 12.1 Å². The highest BCUT2D eigenvalue weighted by Gasteiger charge is 2.30.